The average Bonchev–Trinajstić information content (AvgIpc) is 3.04. The highest BCUT2D eigenvalue weighted by Crippen LogP contribution is 2.31. The fraction of sp³-hybridized carbons (Fsp3) is 0.571. The molecule has 0 aromatic carbocycles. The lowest BCUT2D eigenvalue weighted by atomic mass is 9.96. The van der Waals surface area contributed by atoms with Crippen molar-refractivity contribution < 1.29 is 14.7 Å². The minimum absolute atomic E-state index is 0.0516. The van der Waals surface area contributed by atoms with Crippen molar-refractivity contribution in [3.05, 3.63) is 20.8 Å². The Labute approximate surface area is 136 Å². The summed E-state index contributed by atoms with van der Waals surface area (Å²) in [7, 11) is 1.74. The van der Waals surface area contributed by atoms with Crippen molar-refractivity contribution in [3.8, 4) is 0 Å². The van der Waals surface area contributed by atoms with E-state index in [-0.39, 0.29) is 17.9 Å². The normalized spacial score (nSPS) is 21.2. The summed E-state index contributed by atoms with van der Waals surface area (Å²) in [4.78, 5) is 25.9. The van der Waals surface area contributed by atoms with Gasteiger partial charge in [0.05, 0.1) is 12.5 Å². The molecule has 1 aliphatic carbocycles. The van der Waals surface area contributed by atoms with E-state index in [1.54, 1.807) is 23.3 Å². The van der Waals surface area contributed by atoms with E-state index in [2.05, 4.69) is 21.2 Å². The molecule has 0 spiro atoms. The van der Waals surface area contributed by atoms with E-state index in [1.165, 1.54) is 0 Å². The summed E-state index contributed by atoms with van der Waals surface area (Å²) in [6, 6.07) is 1.84. The van der Waals surface area contributed by atoms with Crippen LogP contribution in [0, 0.1) is 11.8 Å². The summed E-state index contributed by atoms with van der Waals surface area (Å²) in [5.74, 6) is -1.01. The lowest BCUT2D eigenvalue weighted by Gasteiger charge is -2.20. The summed E-state index contributed by atoms with van der Waals surface area (Å²) in [5.41, 5.74) is 0. The number of carboxylic acids is 1. The molecule has 116 valence electrons. The number of carboxylic acid groups (broad SMARTS) is 1. The van der Waals surface area contributed by atoms with E-state index in [0.717, 1.165) is 28.6 Å². The van der Waals surface area contributed by atoms with E-state index < -0.39 is 5.97 Å². The van der Waals surface area contributed by atoms with Crippen LogP contribution in [0.2, 0.25) is 0 Å². The molecule has 1 aliphatic rings. The van der Waals surface area contributed by atoms with Crippen molar-refractivity contribution in [1.29, 1.82) is 0 Å². The molecular weight excluding hydrogens is 356 g/mol. The summed E-state index contributed by atoms with van der Waals surface area (Å²) in [6.07, 6.45) is 2.52. The van der Waals surface area contributed by atoms with Gasteiger partial charge in [0.2, 0.25) is 0 Å². The summed E-state index contributed by atoms with van der Waals surface area (Å²) in [6.45, 7) is 0.989. The van der Waals surface area contributed by atoms with Crippen LogP contribution in [0.15, 0.2) is 15.9 Å². The third-order valence-electron chi connectivity index (χ3n) is 3.85. The lowest BCUT2D eigenvalue weighted by Crippen LogP contribution is -2.40. The number of hydrogen-bond donors (Lipinski definition) is 2. The Morgan fingerprint density at radius 1 is 1.52 bits per heavy atom. The molecule has 0 radical (unpaired) electrons. The Morgan fingerprint density at radius 2 is 2.29 bits per heavy atom. The first-order chi connectivity index (χ1) is 9.97. The van der Waals surface area contributed by atoms with Gasteiger partial charge in [-0.1, -0.05) is 6.42 Å². The lowest BCUT2D eigenvalue weighted by molar-refractivity contribution is -0.142. The predicted octanol–water partition coefficient (Wildman–Crippen LogP) is 3.15. The van der Waals surface area contributed by atoms with Gasteiger partial charge in [-0.25, -0.2) is 4.79 Å². The van der Waals surface area contributed by atoms with Gasteiger partial charge in [0.25, 0.3) is 0 Å². The number of rotatable bonds is 5. The molecule has 1 aromatic rings. The van der Waals surface area contributed by atoms with Crippen molar-refractivity contribution in [2.75, 3.05) is 13.6 Å². The van der Waals surface area contributed by atoms with Crippen LogP contribution in [-0.2, 0) is 11.3 Å². The standard InChI is InChI=1S/C14H19BrN2O3S/c1-17(7-11-5-10(15)8-21-11)14(20)16-6-9-3-2-4-12(9)13(18)19/h5,8-9,12H,2-4,6-7H2,1H3,(H,16,20)(H,18,19). The van der Waals surface area contributed by atoms with Crippen molar-refractivity contribution in [3.63, 3.8) is 0 Å². The number of hydrogen-bond acceptors (Lipinski definition) is 3. The second-order valence-electron chi connectivity index (χ2n) is 5.41. The maximum Gasteiger partial charge on any atom is 0.317 e. The molecular formula is C14H19BrN2O3S. The van der Waals surface area contributed by atoms with Gasteiger partial charge in [0.15, 0.2) is 0 Å². The Kier molecular flexibility index (Phi) is 5.64. The first kappa shape index (κ1) is 16.3. The number of nitrogens with zero attached hydrogens (tertiary/aromatic N) is 1. The van der Waals surface area contributed by atoms with E-state index >= 15 is 0 Å². The van der Waals surface area contributed by atoms with Gasteiger partial charge in [0, 0.05) is 28.3 Å². The Morgan fingerprint density at radius 3 is 2.90 bits per heavy atom. The molecule has 1 saturated carbocycles. The molecule has 21 heavy (non-hydrogen) atoms. The highest BCUT2D eigenvalue weighted by Gasteiger charge is 2.33. The molecule has 2 rings (SSSR count). The molecule has 0 bridgehead atoms. The number of thiophene rings is 1. The fourth-order valence-electron chi connectivity index (χ4n) is 2.70. The fourth-order valence-corrected chi connectivity index (χ4v) is 4.21. The maximum atomic E-state index is 12.0. The Hall–Kier alpha value is -1.08. The minimum atomic E-state index is -0.747. The third-order valence-corrected chi connectivity index (χ3v) is 5.54. The first-order valence-electron chi connectivity index (χ1n) is 6.92. The van der Waals surface area contributed by atoms with E-state index in [4.69, 9.17) is 5.11 Å². The number of carbonyl (C=O) groups excluding carboxylic acids is 1. The number of urea groups is 1. The van der Waals surface area contributed by atoms with Gasteiger partial charge in [-0.15, -0.1) is 11.3 Å². The van der Waals surface area contributed by atoms with E-state index in [9.17, 15) is 9.59 Å². The van der Waals surface area contributed by atoms with Crippen LogP contribution in [0.25, 0.3) is 0 Å². The van der Waals surface area contributed by atoms with Crippen LogP contribution in [0.4, 0.5) is 4.79 Å². The van der Waals surface area contributed by atoms with Crippen LogP contribution in [0.5, 0.6) is 0 Å². The Balaban J connectivity index is 1.79. The third kappa shape index (κ3) is 4.44. The molecule has 1 fully saturated rings. The molecule has 5 nitrogen and oxygen atoms in total. The summed E-state index contributed by atoms with van der Waals surface area (Å²) in [5, 5.41) is 14.0. The largest absolute Gasteiger partial charge is 0.481 e. The zero-order valence-corrected chi connectivity index (χ0v) is 14.2. The smallest absolute Gasteiger partial charge is 0.317 e. The minimum Gasteiger partial charge on any atom is -0.481 e. The van der Waals surface area contributed by atoms with Gasteiger partial charge in [0.1, 0.15) is 0 Å². The van der Waals surface area contributed by atoms with Gasteiger partial charge in [-0.05, 0) is 40.8 Å². The molecule has 1 heterocycles. The topological polar surface area (TPSA) is 69.6 Å². The number of nitrogens with one attached hydrogen (secondary N) is 1. The van der Waals surface area contributed by atoms with Crippen LogP contribution in [0.3, 0.4) is 0 Å². The average molecular weight is 375 g/mol. The Bertz CT molecular complexity index is 520. The first-order valence-corrected chi connectivity index (χ1v) is 8.59. The SMILES string of the molecule is CN(Cc1cc(Br)cs1)C(=O)NCC1CCCC1C(=O)O. The molecule has 2 amide bonds. The van der Waals surface area contributed by atoms with Crippen molar-refractivity contribution in [2.45, 2.75) is 25.8 Å². The number of halogens is 1. The van der Waals surface area contributed by atoms with Crippen LogP contribution in [-0.4, -0.2) is 35.6 Å². The van der Waals surface area contributed by atoms with Crippen molar-refractivity contribution in [2.24, 2.45) is 11.8 Å². The molecule has 7 heteroatoms. The highest BCUT2D eigenvalue weighted by molar-refractivity contribution is 9.10. The van der Waals surface area contributed by atoms with E-state index in [1.807, 2.05) is 11.4 Å². The summed E-state index contributed by atoms with van der Waals surface area (Å²) >= 11 is 4.99. The number of aliphatic carboxylic acids is 1. The van der Waals surface area contributed by atoms with Crippen LogP contribution >= 0.6 is 27.3 Å². The van der Waals surface area contributed by atoms with Crippen LogP contribution in [0.1, 0.15) is 24.1 Å². The molecule has 0 aliphatic heterocycles. The zero-order valence-electron chi connectivity index (χ0n) is 11.8. The van der Waals surface area contributed by atoms with Crippen molar-refractivity contribution >= 4 is 39.3 Å². The molecule has 2 atom stereocenters. The van der Waals surface area contributed by atoms with Gasteiger partial charge in [-0.3, -0.25) is 4.79 Å². The predicted molar refractivity (Wildman–Crippen MR) is 85.4 cm³/mol. The molecule has 2 N–H and O–H groups in total. The van der Waals surface area contributed by atoms with Crippen molar-refractivity contribution in [1.82, 2.24) is 10.2 Å². The highest BCUT2D eigenvalue weighted by atomic mass is 79.9. The molecule has 1 aromatic heterocycles. The second-order valence-corrected chi connectivity index (χ2v) is 7.32. The van der Waals surface area contributed by atoms with Gasteiger partial charge >= 0.3 is 12.0 Å². The maximum absolute atomic E-state index is 12.0. The number of carbonyl (C=O) groups is 2. The molecule has 0 saturated heterocycles. The van der Waals surface area contributed by atoms with Crippen LogP contribution < -0.4 is 5.32 Å². The number of amides is 2. The quantitative estimate of drug-likeness (QED) is 0.831. The van der Waals surface area contributed by atoms with Gasteiger partial charge < -0.3 is 15.3 Å². The van der Waals surface area contributed by atoms with Gasteiger partial charge in [-0.2, -0.15) is 0 Å². The monoisotopic (exact) mass is 374 g/mol. The second kappa shape index (κ2) is 7.26. The summed E-state index contributed by atoms with van der Waals surface area (Å²) < 4.78 is 1.02. The molecule has 2 unspecified atom stereocenters. The zero-order chi connectivity index (χ0) is 15.4. The van der Waals surface area contributed by atoms with E-state index in [0.29, 0.717) is 13.1 Å².